The summed E-state index contributed by atoms with van der Waals surface area (Å²) in [6.45, 7) is 2.58. The first-order valence-electron chi connectivity index (χ1n) is 8.03. The Morgan fingerprint density at radius 3 is 2.72 bits per heavy atom. The van der Waals surface area contributed by atoms with E-state index in [1.54, 1.807) is 25.3 Å². The second kappa shape index (κ2) is 9.14. The van der Waals surface area contributed by atoms with Crippen LogP contribution in [0.1, 0.15) is 17.9 Å². The number of aliphatic hydroxyl groups is 1. The standard InChI is InChI=1S/C16H24N4O3S2/c1-3-25(22,23)20-9-8-18-16(17-2)19-11-13(21)15-10-12-6-4-5-7-14(12)24-15/h4-7,10,13,20-21H,3,8-9,11H2,1-2H3,(H2,17,18,19). The molecule has 0 saturated carbocycles. The summed E-state index contributed by atoms with van der Waals surface area (Å²) < 4.78 is 26.3. The number of sulfonamides is 1. The lowest BCUT2D eigenvalue weighted by molar-refractivity contribution is 0.184. The highest BCUT2D eigenvalue weighted by Gasteiger charge is 2.12. The SMILES string of the molecule is CCS(=O)(=O)NCCNC(=NC)NCC(O)c1cc2ccccc2s1. The Balaban J connectivity index is 1.79. The molecule has 0 radical (unpaired) electrons. The molecule has 0 bridgehead atoms. The van der Waals surface area contributed by atoms with Gasteiger partial charge in [-0.2, -0.15) is 0 Å². The number of rotatable bonds is 8. The summed E-state index contributed by atoms with van der Waals surface area (Å²) in [5.41, 5.74) is 0. The Morgan fingerprint density at radius 1 is 1.28 bits per heavy atom. The number of hydrogen-bond donors (Lipinski definition) is 4. The smallest absolute Gasteiger partial charge is 0.211 e. The molecule has 1 heterocycles. The van der Waals surface area contributed by atoms with Crippen LogP contribution < -0.4 is 15.4 Å². The van der Waals surface area contributed by atoms with Gasteiger partial charge in [-0.3, -0.25) is 4.99 Å². The van der Waals surface area contributed by atoms with Crippen molar-refractivity contribution in [2.75, 3.05) is 32.4 Å². The quantitative estimate of drug-likeness (QED) is 0.309. The van der Waals surface area contributed by atoms with Crippen LogP contribution in [0, 0.1) is 0 Å². The van der Waals surface area contributed by atoms with Crippen LogP contribution in [-0.2, 0) is 10.0 Å². The molecule has 1 aromatic carbocycles. The monoisotopic (exact) mass is 384 g/mol. The van der Waals surface area contributed by atoms with Gasteiger partial charge in [0.15, 0.2) is 5.96 Å². The van der Waals surface area contributed by atoms with E-state index in [9.17, 15) is 13.5 Å². The summed E-state index contributed by atoms with van der Waals surface area (Å²) in [4.78, 5) is 4.95. The number of hydrogen-bond acceptors (Lipinski definition) is 5. The van der Waals surface area contributed by atoms with Gasteiger partial charge in [0, 0.05) is 36.3 Å². The molecule has 0 aliphatic rings. The number of thiophene rings is 1. The average molecular weight is 385 g/mol. The lowest BCUT2D eigenvalue weighted by Crippen LogP contribution is -2.42. The lowest BCUT2D eigenvalue weighted by Gasteiger charge is -2.14. The molecule has 25 heavy (non-hydrogen) atoms. The Bertz CT molecular complexity index is 785. The predicted octanol–water partition coefficient (Wildman–Crippen LogP) is 1.04. The maximum atomic E-state index is 11.3. The van der Waals surface area contributed by atoms with Gasteiger partial charge in [-0.05, 0) is 24.4 Å². The predicted molar refractivity (Wildman–Crippen MR) is 104 cm³/mol. The van der Waals surface area contributed by atoms with Gasteiger partial charge in [-0.25, -0.2) is 13.1 Å². The first-order valence-corrected chi connectivity index (χ1v) is 10.5. The highest BCUT2D eigenvalue weighted by Crippen LogP contribution is 2.29. The zero-order valence-corrected chi connectivity index (χ0v) is 16.0. The van der Waals surface area contributed by atoms with Crippen molar-refractivity contribution < 1.29 is 13.5 Å². The fourth-order valence-corrected chi connectivity index (χ4v) is 3.84. The van der Waals surface area contributed by atoms with Crippen molar-refractivity contribution in [2.45, 2.75) is 13.0 Å². The van der Waals surface area contributed by atoms with Crippen LogP contribution in [0.5, 0.6) is 0 Å². The Kier molecular flexibility index (Phi) is 7.18. The zero-order valence-electron chi connectivity index (χ0n) is 14.3. The van der Waals surface area contributed by atoms with E-state index in [1.807, 2.05) is 30.3 Å². The number of benzene rings is 1. The van der Waals surface area contributed by atoms with E-state index in [0.717, 1.165) is 15.0 Å². The molecule has 0 saturated heterocycles. The van der Waals surface area contributed by atoms with Crippen LogP contribution in [0.15, 0.2) is 35.3 Å². The minimum Gasteiger partial charge on any atom is -0.386 e. The molecule has 4 N–H and O–H groups in total. The summed E-state index contributed by atoms with van der Waals surface area (Å²) in [6.07, 6.45) is -0.644. The van der Waals surface area contributed by atoms with Gasteiger partial charge in [0.2, 0.25) is 10.0 Å². The van der Waals surface area contributed by atoms with Gasteiger partial charge >= 0.3 is 0 Å². The molecule has 0 aliphatic carbocycles. The normalized spacial score (nSPS) is 13.8. The summed E-state index contributed by atoms with van der Waals surface area (Å²) in [5.74, 6) is 0.567. The fraction of sp³-hybridized carbons (Fsp3) is 0.438. The topological polar surface area (TPSA) is 103 Å². The van der Waals surface area contributed by atoms with Crippen LogP contribution in [0.3, 0.4) is 0 Å². The number of guanidine groups is 1. The van der Waals surface area contributed by atoms with Gasteiger partial charge in [0.05, 0.1) is 5.75 Å². The molecule has 0 amide bonds. The molecule has 1 atom stereocenters. The zero-order chi connectivity index (χ0) is 18.3. The number of fused-ring (bicyclic) bond motifs is 1. The Morgan fingerprint density at radius 2 is 2.04 bits per heavy atom. The highest BCUT2D eigenvalue weighted by molar-refractivity contribution is 7.89. The maximum Gasteiger partial charge on any atom is 0.211 e. The number of nitrogens with one attached hydrogen (secondary N) is 3. The van der Waals surface area contributed by atoms with Crippen molar-refractivity contribution >= 4 is 37.4 Å². The Hall–Kier alpha value is -1.68. The first-order chi connectivity index (χ1) is 11.9. The summed E-state index contributed by atoms with van der Waals surface area (Å²) in [7, 11) is -1.57. The number of nitrogens with zero attached hydrogens (tertiary/aromatic N) is 1. The minimum atomic E-state index is -3.19. The van der Waals surface area contributed by atoms with Gasteiger partial charge < -0.3 is 15.7 Å². The Labute approximate surface area is 152 Å². The molecule has 2 aromatic rings. The van der Waals surface area contributed by atoms with Gasteiger partial charge in [-0.15, -0.1) is 11.3 Å². The molecule has 1 aromatic heterocycles. The lowest BCUT2D eigenvalue weighted by atomic mass is 10.2. The van der Waals surface area contributed by atoms with Gasteiger partial charge in [0.25, 0.3) is 0 Å². The van der Waals surface area contributed by atoms with Crippen LogP contribution in [0.2, 0.25) is 0 Å². The number of aliphatic hydroxyl groups excluding tert-OH is 1. The van der Waals surface area contributed by atoms with Crippen LogP contribution in [-0.4, -0.2) is 51.9 Å². The van der Waals surface area contributed by atoms with E-state index in [4.69, 9.17) is 0 Å². The van der Waals surface area contributed by atoms with E-state index in [-0.39, 0.29) is 12.3 Å². The maximum absolute atomic E-state index is 11.3. The molecular formula is C16H24N4O3S2. The van der Waals surface area contributed by atoms with Crippen molar-refractivity contribution in [3.8, 4) is 0 Å². The third kappa shape index (κ3) is 5.96. The van der Waals surface area contributed by atoms with Crippen LogP contribution >= 0.6 is 11.3 Å². The molecule has 1 unspecified atom stereocenters. The van der Waals surface area contributed by atoms with E-state index in [1.165, 1.54) is 0 Å². The van der Waals surface area contributed by atoms with Gasteiger partial charge in [0.1, 0.15) is 6.10 Å². The molecule has 0 spiro atoms. The van der Waals surface area contributed by atoms with Crippen molar-refractivity contribution in [3.05, 3.63) is 35.2 Å². The second-order valence-electron chi connectivity index (χ2n) is 5.38. The van der Waals surface area contributed by atoms with Crippen LogP contribution in [0.25, 0.3) is 10.1 Å². The minimum absolute atomic E-state index is 0.0569. The van der Waals surface area contributed by atoms with Crippen molar-refractivity contribution in [3.63, 3.8) is 0 Å². The molecule has 138 valence electrons. The van der Waals surface area contributed by atoms with E-state index < -0.39 is 16.1 Å². The summed E-state index contributed by atoms with van der Waals surface area (Å²) >= 11 is 1.56. The molecule has 7 nitrogen and oxygen atoms in total. The van der Waals surface area contributed by atoms with E-state index in [0.29, 0.717) is 19.0 Å². The van der Waals surface area contributed by atoms with Crippen molar-refractivity contribution in [2.24, 2.45) is 4.99 Å². The molecule has 2 rings (SSSR count). The van der Waals surface area contributed by atoms with E-state index in [2.05, 4.69) is 20.3 Å². The second-order valence-corrected chi connectivity index (χ2v) is 8.59. The molecule has 0 aliphatic heterocycles. The summed E-state index contributed by atoms with van der Waals surface area (Å²) in [5, 5.41) is 17.5. The largest absolute Gasteiger partial charge is 0.386 e. The first kappa shape index (κ1) is 19.6. The molecule has 9 heteroatoms. The van der Waals surface area contributed by atoms with Crippen LogP contribution in [0.4, 0.5) is 0 Å². The third-order valence-corrected chi connectivity index (χ3v) is 6.20. The average Bonchev–Trinajstić information content (AvgIpc) is 3.05. The highest BCUT2D eigenvalue weighted by atomic mass is 32.2. The molecule has 0 fully saturated rings. The molecular weight excluding hydrogens is 360 g/mol. The van der Waals surface area contributed by atoms with Crippen molar-refractivity contribution in [1.29, 1.82) is 0 Å². The fourth-order valence-electron chi connectivity index (χ4n) is 2.17. The van der Waals surface area contributed by atoms with Gasteiger partial charge in [-0.1, -0.05) is 18.2 Å². The third-order valence-electron chi connectivity index (χ3n) is 3.58. The van der Waals surface area contributed by atoms with E-state index >= 15 is 0 Å². The summed E-state index contributed by atoms with van der Waals surface area (Å²) in [6, 6.07) is 9.99. The number of aliphatic imine (C=N–C) groups is 1. The van der Waals surface area contributed by atoms with Crippen molar-refractivity contribution in [1.82, 2.24) is 15.4 Å².